The average molecular weight is 352 g/mol. The predicted molar refractivity (Wildman–Crippen MR) is 91.4 cm³/mol. The van der Waals surface area contributed by atoms with Crippen molar-refractivity contribution in [2.24, 2.45) is 0 Å². The molecule has 1 saturated heterocycles. The van der Waals surface area contributed by atoms with Crippen molar-refractivity contribution in [1.29, 1.82) is 0 Å². The molecule has 4 nitrogen and oxygen atoms in total. The maximum absolute atomic E-state index is 12.9. The normalized spacial score (nSPS) is 17.6. The molecule has 0 bridgehead atoms. The maximum Gasteiger partial charge on any atom is 0.237 e. The molecule has 0 saturated carbocycles. The minimum absolute atomic E-state index is 0. The Morgan fingerprint density at radius 1 is 1.18 bits per heavy atom. The first-order valence-electron chi connectivity index (χ1n) is 7.08. The van der Waals surface area contributed by atoms with Crippen LogP contribution in [-0.4, -0.2) is 43.0 Å². The van der Waals surface area contributed by atoms with Crippen LogP contribution < -0.4 is 10.6 Å². The minimum Gasteiger partial charge on any atom is -0.348 e. The molecule has 2 rings (SSSR count). The molecule has 1 heterocycles. The zero-order chi connectivity index (χ0) is 14.5. The van der Waals surface area contributed by atoms with Gasteiger partial charge in [-0.2, -0.15) is 0 Å². The van der Waals surface area contributed by atoms with Gasteiger partial charge in [-0.25, -0.2) is 4.39 Å². The molecule has 0 aromatic heterocycles. The number of piperazine rings is 1. The second kappa shape index (κ2) is 10.0. The molecule has 1 aliphatic rings. The summed E-state index contributed by atoms with van der Waals surface area (Å²) in [5, 5.41) is 6.26. The molecule has 1 aliphatic heterocycles. The first-order chi connectivity index (χ1) is 9.58. The average Bonchev–Trinajstić information content (AvgIpc) is 2.48. The van der Waals surface area contributed by atoms with E-state index in [-0.39, 0.29) is 48.6 Å². The molecule has 1 fully saturated rings. The van der Waals surface area contributed by atoms with E-state index in [1.54, 1.807) is 12.1 Å². The van der Waals surface area contributed by atoms with Gasteiger partial charge in [0, 0.05) is 26.2 Å². The number of rotatable bonds is 4. The number of benzene rings is 1. The maximum atomic E-state index is 12.9. The molecule has 1 aromatic rings. The van der Waals surface area contributed by atoms with E-state index in [2.05, 4.69) is 15.5 Å². The van der Waals surface area contributed by atoms with E-state index in [1.807, 2.05) is 13.8 Å². The van der Waals surface area contributed by atoms with E-state index in [1.165, 1.54) is 12.1 Å². The molecule has 2 N–H and O–H groups in total. The molecule has 0 radical (unpaired) electrons. The van der Waals surface area contributed by atoms with Gasteiger partial charge in [0.15, 0.2) is 0 Å². The number of amides is 1. The number of hydrogen-bond acceptors (Lipinski definition) is 3. The Kier molecular flexibility index (Phi) is 9.60. The van der Waals surface area contributed by atoms with Crippen molar-refractivity contribution in [3.63, 3.8) is 0 Å². The third-order valence-corrected chi connectivity index (χ3v) is 3.81. The lowest BCUT2D eigenvalue weighted by atomic mass is 10.1. The molecular formula is C15H24Cl2FN3O. The van der Waals surface area contributed by atoms with Crippen LogP contribution in [0.3, 0.4) is 0 Å². The number of carbonyl (C=O) groups excluding carboxylic acids is 1. The molecule has 2 unspecified atom stereocenters. The number of hydrogen-bond donors (Lipinski definition) is 2. The van der Waals surface area contributed by atoms with Crippen LogP contribution in [0.2, 0.25) is 0 Å². The van der Waals surface area contributed by atoms with Gasteiger partial charge in [0.05, 0.1) is 12.1 Å². The van der Waals surface area contributed by atoms with Gasteiger partial charge in [-0.1, -0.05) is 12.1 Å². The Morgan fingerprint density at radius 3 is 2.27 bits per heavy atom. The monoisotopic (exact) mass is 351 g/mol. The van der Waals surface area contributed by atoms with Gasteiger partial charge >= 0.3 is 0 Å². The van der Waals surface area contributed by atoms with Crippen molar-refractivity contribution >= 4 is 30.7 Å². The van der Waals surface area contributed by atoms with Crippen molar-refractivity contribution in [2.75, 3.05) is 26.2 Å². The quantitative estimate of drug-likeness (QED) is 0.873. The van der Waals surface area contributed by atoms with Crippen molar-refractivity contribution in [3.8, 4) is 0 Å². The lowest BCUT2D eigenvalue weighted by Gasteiger charge is -2.32. The van der Waals surface area contributed by atoms with E-state index >= 15 is 0 Å². The summed E-state index contributed by atoms with van der Waals surface area (Å²) < 4.78 is 12.9. The van der Waals surface area contributed by atoms with E-state index in [9.17, 15) is 9.18 Å². The summed E-state index contributed by atoms with van der Waals surface area (Å²) in [6.45, 7) is 7.46. The molecule has 0 spiro atoms. The Bertz CT molecular complexity index is 453. The molecule has 7 heteroatoms. The Balaban J connectivity index is 0.00000220. The van der Waals surface area contributed by atoms with Crippen LogP contribution in [0.4, 0.5) is 4.39 Å². The summed E-state index contributed by atoms with van der Waals surface area (Å²) in [7, 11) is 0. The first kappa shape index (κ1) is 21.1. The van der Waals surface area contributed by atoms with Crippen LogP contribution in [0.25, 0.3) is 0 Å². The van der Waals surface area contributed by atoms with Gasteiger partial charge in [-0.05, 0) is 31.5 Å². The highest BCUT2D eigenvalue weighted by Crippen LogP contribution is 2.13. The molecular weight excluding hydrogens is 328 g/mol. The molecule has 126 valence electrons. The van der Waals surface area contributed by atoms with E-state index in [0.717, 1.165) is 31.7 Å². The Morgan fingerprint density at radius 2 is 1.73 bits per heavy atom. The third kappa shape index (κ3) is 5.72. The van der Waals surface area contributed by atoms with Crippen LogP contribution in [0.5, 0.6) is 0 Å². The Labute approximate surface area is 143 Å². The molecule has 1 aromatic carbocycles. The fourth-order valence-corrected chi connectivity index (χ4v) is 2.40. The van der Waals surface area contributed by atoms with Crippen LogP contribution in [-0.2, 0) is 4.79 Å². The summed E-state index contributed by atoms with van der Waals surface area (Å²) >= 11 is 0. The number of nitrogens with one attached hydrogen (secondary N) is 2. The lowest BCUT2D eigenvalue weighted by molar-refractivity contribution is -0.126. The predicted octanol–water partition coefficient (Wildman–Crippen LogP) is 2.14. The van der Waals surface area contributed by atoms with E-state index in [4.69, 9.17) is 0 Å². The van der Waals surface area contributed by atoms with Crippen molar-refractivity contribution in [2.45, 2.75) is 25.9 Å². The Hall–Kier alpha value is -0.880. The van der Waals surface area contributed by atoms with E-state index < -0.39 is 0 Å². The zero-order valence-electron chi connectivity index (χ0n) is 12.8. The van der Waals surface area contributed by atoms with Crippen LogP contribution in [0, 0.1) is 5.82 Å². The fourth-order valence-electron chi connectivity index (χ4n) is 2.40. The summed E-state index contributed by atoms with van der Waals surface area (Å²) in [4.78, 5) is 14.4. The molecule has 0 aliphatic carbocycles. The summed E-state index contributed by atoms with van der Waals surface area (Å²) in [6.07, 6.45) is 0. The summed E-state index contributed by atoms with van der Waals surface area (Å²) in [5.74, 6) is -0.245. The highest BCUT2D eigenvalue weighted by atomic mass is 35.5. The van der Waals surface area contributed by atoms with Crippen molar-refractivity contribution < 1.29 is 9.18 Å². The number of carbonyl (C=O) groups is 1. The van der Waals surface area contributed by atoms with Gasteiger partial charge in [0.25, 0.3) is 0 Å². The van der Waals surface area contributed by atoms with Gasteiger partial charge in [-0.15, -0.1) is 24.8 Å². The number of halogens is 3. The second-order valence-electron chi connectivity index (χ2n) is 5.24. The van der Waals surface area contributed by atoms with Crippen LogP contribution in [0.15, 0.2) is 24.3 Å². The topological polar surface area (TPSA) is 44.4 Å². The fraction of sp³-hybridized carbons (Fsp3) is 0.533. The van der Waals surface area contributed by atoms with Crippen molar-refractivity contribution in [3.05, 3.63) is 35.6 Å². The molecule has 22 heavy (non-hydrogen) atoms. The van der Waals surface area contributed by atoms with E-state index in [0.29, 0.717) is 0 Å². The highest BCUT2D eigenvalue weighted by Gasteiger charge is 2.23. The van der Waals surface area contributed by atoms with Crippen LogP contribution >= 0.6 is 24.8 Å². The van der Waals surface area contributed by atoms with Crippen molar-refractivity contribution in [1.82, 2.24) is 15.5 Å². The van der Waals surface area contributed by atoms with Gasteiger partial charge in [0.1, 0.15) is 5.82 Å². The largest absolute Gasteiger partial charge is 0.348 e. The third-order valence-electron chi connectivity index (χ3n) is 3.81. The summed E-state index contributed by atoms with van der Waals surface area (Å²) in [5.41, 5.74) is 0.910. The first-order valence-corrected chi connectivity index (χ1v) is 7.08. The lowest BCUT2D eigenvalue weighted by Crippen LogP contribution is -2.52. The highest BCUT2D eigenvalue weighted by molar-refractivity contribution is 5.85. The van der Waals surface area contributed by atoms with Gasteiger partial charge < -0.3 is 10.6 Å². The molecule has 2 atom stereocenters. The SMILES string of the molecule is CC(NC(=O)C(C)N1CCNCC1)c1ccc(F)cc1.Cl.Cl. The smallest absolute Gasteiger partial charge is 0.237 e. The number of nitrogens with zero attached hydrogens (tertiary/aromatic N) is 1. The van der Waals surface area contributed by atoms with Gasteiger partial charge in [-0.3, -0.25) is 9.69 Å². The second-order valence-corrected chi connectivity index (χ2v) is 5.24. The van der Waals surface area contributed by atoms with Gasteiger partial charge in [0.2, 0.25) is 5.91 Å². The molecule has 1 amide bonds. The van der Waals surface area contributed by atoms with Crippen LogP contribution in [0.1, 0.15) is 25.5 Å². The minimum atomic E-state index is -0.263. The zero-order valence-corrected chi connectivity index (χ0v) is 14.5. The standard InChI is InChI=1S/C15H22FN3O.2ClH/c1-11(13-3-5-14(16)6-4-13)18-15(20)12(2)19-9-7-17-8-10-19;;/h3-6,11-12,17H,7-10H2,1-2H3,(H,18,20);2*1H. The summed E-state index contributed by atoms with van der Waals surface area (Å²) in [6, 6.07) is 5.98.